The van der Waals surface area contributed by atoms with Crippen LogP contribution in [-0.2, 0) is 5.41 Å². The number of nitrogens with zero attached hydrogens (tertiary/aromatic N) is 4. The molecule has 1 heterocycles. The number of carbonyl (C=O) groups is 1. The lowest BCUT2D eigenvalue weighted by Crippen LogP contribution is -2.26. The lowest BCUT2D eigenvalue weighted by atomic mass is 9.86. The van der Waals surface area contributed by atoms with Crippen molar-refractivity contribution in [1.29, 1.82) is 0 Å². The summed E-state index contributed by atoms with van der Waals surface area (Å²) in [6.45, 7) is 6.62. The molecule has 0 unspecified atom stereocenters. The number of likely N-dealkylation sites (N-methyl/N-ethyl adjacent to an activating group) is 1. The van der Waals surface area contributed by atoms with Gasteiger partial charge in [-0.1, -0.05) is 45.0 Å². The molecule has 0 saturated carbocycles. The summed E-state index contributed by atoms with van der Waals surface area (Å²) in [6, 6.07) is 7.82. The molecule has 2 rings (SSSR count). The molecule has 0 fully saturated rings. The van der Waals surface area contributed by atoms with Crippen LogP contribution in [0.15, 0.2) is 29.3 Å². The SMILES string of the molecule is CN(CCO)c1nc(N)c(C(=O)N=C(N)N)nc1-c1ccc(C(C)(C)C)cc1. The number of aliphatic hydroxyl groups excluding tert-OH is 1. The average Bonchev–Trinajstić information content (AvgIpc) is 2.60. The first kappa shape index (κ1) is 21.1. The van der Waals surface area contributed by atoms with E-state index in [9.17, 15) is 9.90 Å². The minimum atomic E-state index is -0.770. The Balaban J connectivity index is 2.64. The van der Waals surface area contributed by atoms with Crippen LogP contribution >= 0.6 is 0 Å². The number of benzene rings is 1. The predicted octanol–water partition coefficient (Wildman–Crippen LogP) is 0.865. The fourth-order valence-corrected chi connectivity index (χ4v) is 2.61. The van der Waals surface area contributed by atoms with Crippen molar-refractivity contribution in [3.63, 3.8) is 0 Å². The van der Waals surface area contributed by atoms with Gasteiger partial charge in [0, 0.05) is 19.2 Å². The highest BCUT2D eigenvalue weighted by atomic mass is 16.3. The topological polar surface area (TPSA) is 157 Å². The van der Waals surface area contributed by atoms with Gasteiger partial charge in [0.1, 0.15) is 5.69 Å². The molecule has 0 radical (unpaired) electrons. The fourth-order valence-electron chi connectivity index (χ4n) is 2.61. The van der Waals surface area contributed by atoms with Gasteiger partial charge in [0.05, 0.1) is 6.61 Å². The number of aliphatic imine (C=N–C) groups is 1. The Kier molecular flexibility index (Phi) is 6.19. The van der Waals surface area contributed by atoms with Crippen molar-refractivity contribution in [1.82, 2.24) is 9.97 Å². The Morgan fingerprint density at radius 1 is 1.18 bits per heavy atom. The van der Waals surface area contributed by atoms with E-state index in [-0.39, 0.29) is 29.5 Å². The van der Waals surface area contributed by atoms with Crippen molar-refractivity contribution < 1.29 is 9.90 Å². The van der Waals surface area contributed by atoms with E-state index in [4.69, 9.17) is 17.2 Å². The van der Waals surface area contributed by atoms with Crippen molar-refractivity contribution in [2.24, 2.45) is 16.5 Å². The molecule has 0 aliphatic heterocycles. The summed E-state index contributed by atoms with van der Waals surface area (Å²) in [4.78, 5) is 26.2. The number of hydrogen-bond acceptors (Lipinski definition) is 6. The van der Waals surface area contributed by atoms with E-state index in [0.717, 1.165) is 11.1 Å². The molecule has 9 heteroatoms. The summed E-state index contributed by atoms with van der Waals surface area (Å²) < 4.78 is 0. The molecule has 1 amide bonds. The molecule has 1 aromatic carbocycles. The van der Waals surface area contributed by atoms with E-state index in [1.807, 2.05) is 24.3 Å². The molecule has 0 spiro atoms. The molecule has 28 heavy (non-hydrogen) atoms. The number of rotatable bonds is 5. The smallest absolute Gasteiger partial charge is 0.302 e. The molecule has 0 aliphatic rings. The third-order valence-electron chi connectivity index (χ3n) is 4.16. The number of anilines is 2. The number of hydrogen-bond donors (Lipinski definition) is 4. The van der Waals surface area contributed by atoms with Crippen LogP contribution in [0, 0.1) is 0 Å². The molecule has 0 aliphatic carbocycles. The minimum Gasteiger partial charge on any atom is -0.395 e. The first-order valence-electron chi connectivity index (χ1n) is 8.79. The van der Waals surface area contributed by atoms with Crippen molar-refractivity contribution in [2.75, 3.05) is 30.8 Å². The standard InChI is InChI=1S/C19H27N7O2/c1-19(2,3)12-7-5-11(6-8-12)13-16(26(4)9-10-27)24-15(20)14(23-13)17(28)25-18(21)22/h5-8,27H,9-10H2,1-4H3,(H2,20,24)(H4,21,22,25,28). The molecular formula is C19H27N7O2. The van der Waals surface area contributed by atoms with Crippen LogP contribution in [0.25, 0.3) is 11.3 Å². The highest BCUT2D eigenvalue weighted by Crippen LogP contribution is 2.31. The monoisotopic (exact) mass is 385 g/mol. The zero-order valence-corrected chi connectivity index (χ0v) is 16.6. The minimum absolute atomic E-state index is 0.00364. The summed E-state index contributed by atoms with van der Waals surface area (Å²) in [5, 5.41) is 9.28. The lowest BCUT2D eigenvalue weighted by molar-refractivity contribution is 0.0998. The van der Waals surface area contributed by atoms with Gasteiger partial charge in [-0.3, -0.25) is 4.79 Å². The molecule has 0 atom stereocenters. The van der Waals surface area contributed by atoms with Crippen LogP contribution in [0.5, 0.6) is 0 Å². The quantitative estimate of drug-likeness (QED) is 0.436. The van der Waals surface area contributed by atoms with Gasteiger partial charge in [0.25, 0.3) is 0 Å². The van der Waals surface area contributed by atoms with Gasteiger partial charge in [-0.25, -0.2) is 9.97 Å². The van der Waals surface area contributed by atoms with Gasteiger partial charge in [0.2, 0.25) is 0 Å². The van der Waals surface area contributed by atoms with Gasteiger partial charge in [0.15, 0.2) is 23.3 Å². The highest BCUT2D eigenvalue weighted by molar-refractivity contribution is 6.03. The molecule has 9 nitrogen and oxygen atoms in total. The molecule has 0 bridgehead atoms. The van der Waals surface area contributed by atoms with Gasteiger partial charge in [-0.05, 0) is 11.0 Å². The highest BCUT2D eigenvalue weighted by Gasteiger charge is 2.21. The maximum absolute atomic E-state index is 12.3. The maximum atomic E-state index is 12.3. The van der Waals surface area contributed by atoms with Gasteiger partial charge >= 0.3 is 5.91 Å². The van der Waals surface area contributed by atoms with Crippen LogP contribution in [0.3, 0.4) is 0 Å². The first-order chi connectivity index (χ1) is 13.0. The number of aliphatic hydroxyl groups is 1. The van der Waals surface area contributed by atoms with E-state index in [1.54, 1.807) is 11.9 Å². The van der Waals surface area contributed by atoms with Gasteiger partial charge in [-0.15, -0.1) is 0 Å². The Morgan fingerprint density at radius 2 is 1.79 bits per heavy atom. The van der Waals surface area contributed by atoms with E-state index >= 15 is 0 Å². The molecule has 2 aromatic rings. The van der Waals surface area contributed by atoms with Crippen LogP contribution in [0.1, 0.15) is 36.8 Å². The number of amides is 1. The molecule has 7 N–H and O–H groups in total. The third kappa shape index (κ3) is 4.74. The second-order valence-electron chi connectivity index (χ2n) is 7.44. The fraction of sp³-hybridized carbons (Fsp3) is 0.368. The Labute approximate surface area is 164 Å². The predicted molar refractivity (Wildman–Crippen MR) is 111 cm³/mol. The number of nitrogen functional groups attached to an aromatic ring is 1. The average molecular weight is 385 g/mol. The normalized spacial score (nSPS) is 11.2. The second-order valence-corrected chi connectivity index (χ2v) is 7.44. The largest absolute Gasteiger partial charge is 0.395 e. The summed E-state index contributed by atoms with van der Waals surface area (Å²) >= 11 is 0. The zero-order valence-electron chi connectivity index (χ0n) is 16.6. The third-order valence-corrected chi connectivity index (χ3v) is 4.16. The zero-order chi connectivity index (χ0) is 21.1. The number of aromatic nitrogens is 2. The summed E-state index contributed by atoms with van der Waals surface area (Å²) in [5.41, 5.74) is 18.7. The van der Waals surface area contributed by atoms with Crippen molar-refractivity contribution in [3.05, 3.63) is 35.5 Å². The van der Waals surface area contributed by atoms with Crippen molar-refractivity contribution in [3.8, 4) is 11.3 Å². The van der Waals surface area contributed by atoms with Crippen LogP contribution in [0.2, 0.25) is 0 Å². The van der Waals surface area contributed by atoms with Crippen molar-refractivity contribution in [2.45, 2.75) is 26.2 Å². The Hall–Kier alpha value is -3.20. The van der Waals surface area contributed by atoms with Crippen molar-refractivity contribution >= 4 is 23.5 Å². The molecular weight excluding hydrogens is 358 g/mol. The number of nitrogens with two attached hydrogens (primary N) is 3. The number of guanidine groups is 1. The molecule has 0 saturated heterocycles. The van der Waals surface area contributed by atoms with Crippen LogP contribution < -0.4 is 22.1 Å². The van der Waals surface area contributed by atoms with Gasteiger partial charge in [-0.2, -0.15) is 4.99 Å². The maximum Gasteiger partial charge on any atom is 0.302 e. The lowest BCUT2D eigenvalue weighted by Gasteiger charge is -2.22. The van der Waals surface area contributed by atoms with Gasteiger partial charge < -0.3 is 27.2 Å². The van der Waals surface area contributed by atoms with E-state index in [2.05, 4.69) is 35.7 Å². The van der Waals surface area contributed by atoms with E-state index in [0.29, 0.717) is 18.1 Å². The number of carbonyl (C=O) groups excluding carboxylic acids is 1. The summed E-state index contributed by atoms with van der Waals surface area (Å²) in [6.07, 6.45) is 0. The van der Waals surface area contributed by atoms with Crippen LogP contribution in [0.4, 0.5) is 11.6 Å². The second kappa shape index (κ2) is 8.22. The molecule has 1 aromatic heterocycles. The Bertz CT molecular complexity index is 882. The Morgan fingerprint density at radius 3 is 2.29 bits per heavy atom. The first-order valence-corrected chi connectivity index (χ1v) is 8.79. The molecule has 150 valence electrons. The van der Waals surface area contributed by atoms with E-state index < -0.39 is 5.91 Å². The van der Waals surface area contributed by atoms with Crippen LogP contribution in [-0.4, -0.2) is 47.1 Å². The van der Waals surface area contributed by atoms with E-state index in [1.165, 1.54) is 0 Å². The summed E-state index contributed by atoms with van der Waals surface area (Å²) in [5.74, 6) is -0.807. The summed E-state index contributed by atoms with van der Waals surface area (Å²) in [7, 11) is 1.75.